The molecule has 0 spiro atoms. The molecule has 1 saturated carbocycles. The smallest absolute Gasteiger partial charge is 0.0302 e. The Hall–Kier alpha value is -0.500. The quantitative estimate of drug-likeness (QED) is 0.543. The third-order valence-electron chi connectivity index (χ3n) is 2.96. The average Bonchev–Trinajstić information content (AvgIpc) is 2.15. The van der Waals surface area contributed by atoms with Crippen LogP contribution in [0.3, 0.4) is 0 Å². The van der Waals surface area contributed by atoms with Crippen LogP contribution in [0.1, 0.15) is 26.2 Å². The van der Waals surface area contributed by atoms with Crippen LogP contribution < -0.4 is 11.1 Å². The Kier molecular flexibility index (Phi) is 1.64. The highest BCUT2D eigenvalue weighted by molar-refractivity contribution is 5.24. The standard InChI is InChI=1S/C9H16N2/c1-6-8(10)5-11-9(6)7-3-2-4-7/h6,8,11H,2-5,10H2,1H3. The number of hydrogen-bond acceptors (Lipinski definition) is 2. The van der Waals surface area contributed by atoms with Crippen LogP contribution in [0.5, 0.6) is 0 Å². The monoisotopic (exact) mass is 152 g/mol. The lowest BCUT2D eigenvalue weighted by molar-refractivity contribution is 0.571. The minimum atomic E-state index is 0.345. The summed E-state index contributed by atoms with van der Waals surface area (Å²) < 4.78 is 0. The highest BCUT2D eigenvalue weighted by Gasteiger charge is 2.28. The molecule has 2 aliphatic rings. The first-order valence-electron chi connectivity index (χ1n) is 4.50. The summed E-state index contributed by atoms with van der Waals surface area (Å²) >= 11 is 0. The van der Waals surface area contributed by atoms with Gasteiger partial charge in [0.1, 0.15) is 0 Å². The Bertz CT molecular complexity index is 190. The lowest BCUT2D eigenvalue weighted by atomic mass is 9.87. The van der Waals surface area contributed by atoms with Crippen LogP contribution in [0, 0.1) is 5.92 Å². The van der Waals surface area contributed by atoms with Crippen LogP contribution >= 0.6 is 0 Å². The van der Waals surface area contributed by atoms with Crippen molar-refractivity contribution in [3.63, 3.8) is 0 Å². The van der Waals surface area contributed by atoms with Gasteiger partial charge in [0, 0.05) is 24.2 Å². The van der Waals surface area contributed by atoms with E-state index in [1.807, 2.05) is 0 Å². The zero-order valence-corrected chi connectivity index (χ0v) is 7.06. The molecule has 2 heteroatoms. The second-order valence-electron chi connectivity index (χ2n) is 3.70. The molecule has 0 amide bonds. The lowest BCUT2D eigenvalue weighted by Gasteiger charge is -2.22. The Labute approximate surface area is 67.8 Å². The fourth-order valence-electron chi connectivity index (χ4n) is 1.85. The van der Waals surface area contributed by atoms with Gasteiger partial charge in [-0.15, -0.1) is 0 Å². The minimum absolute atomic E-state index is 0.345. The Morgan fingerprint density at radius 3 is 2.55 bits per heavy atom. The Morgan fingerprint density at radius 2 is 2.18 bits per heavy atom. The molecule has 2 nitrogen and oxygen atoms in total. The van der Waals surface area contributed by atoms with E-state index < -0.39 is 0 Å². The van der Waals surface area contributed by atoms with Crippen molar-refractivity contribution in [3.8, 4) is 0 Å². The van der Waals surface area contributed by atoms with Gasteiger partial charge in [0.25, 0.3) is 0 Å². The predicted molar refractivity (Wildman–Crippen MR) is 46.0 cm³/mol. The first-order chi connectivity index (χ1) is 5.29. The molecule has 0 aromatic carbocycles. The molecule has 3 N–H and O–H groups in total. The lowest BCUT2D eigenvalue weighted by Crippen LogP contribution is -2.27. The van der Waals surface area contributed by atoms with Crippen molar-refractivity contribution < 1.29 is 0 Å². The number of nitrogens with two attached hydrogens (primary N) is 1. The van der Waals surface area contributed by atoms with Crippen molar-refractivity contribution in [2.45, 2.75) is 32.2 Å². The van der Waals surface area contributed by atoms with Crippen molar-refractivity contribution in [1.29, 1.82) is 0 Å². The summed E-state index contributed by atoms with van der Waals surface area (Å²) in [6, 6.07) is 0.345. The molecule has 0 bridgehead atoms. The van der Waals surface area contributed by atoms with Crippen LogP contribution in [0.15, 0.2) is 11.3 Å². The number of allylic oxidation sites excluding steroid dienone is 1. The van der Waals surface area contributed by atoms with Crippen molar-refractivity contribution in [2.24, 2.45) is 11.7 Å². The van der Waals surface area contributed by atoms with Gasteiger partial charge in [0.15, 0.2) is 0 Å². The van der Waals surface area contributed by atoms with E-state index in [4.69, 9.17) is 5.73 Å². The molecule has 1 saturated heterocycles. The van der Waals surface area contributed by atoms with E-state index in [2.05, 4.69) is 12.2 Å². The van der Waals surface area contributed by atoms with E-state index in [-0.39, 0.29) is 0 Å². The van der Waals surface area contributed by atoms with Gasteiger partial charge < -0.3 is 11.1 Å². The zero-order valence-electron chi connectivity index (χ0n) is 7.06. The van der Waals surface area contributed by atoms with E-state index in [1.54, 1.807) is 5.57 Å². The predicted octanol–water partition coefficient (Wildman–Crippen LogP) is 0.991. The number of rotatable bonds is 0. The van der Waals surface area contributed by atoms with E-state index in [0.29, 0.717) is 12.0 Å². The largest absolute Gasteiger partial charge is 0.387 e. The summed E-state index contributed by atoms with van der Waals surface area (Å²) in [6.45, 7) is 3.20. The van der Waals surface area contributed by atoms with Crippen molar-refractivity contribution in [2.75, 3.05) is 6.54 Å². The molecule has 1 aliphatic heterocycles. The maximum absolute atomic E-state index is 5.89. The second kappa shape index (κ2) is 2.52. The third kappa shape index (κ3) is 1.06. The molecule has 0 aromatic heterocycles. The molecule has 11 heavy (non-hydrogen) atoms. The van der Waals surface area contributed by atoms with Crippen molar-refractivity contribution in [1.82, 2.24) is 5.32 Å². The number of hydrogen-bond donors (Lipinski definition) is 2. The van der Waals surface area contributed by atoms with E-state index in [9.17, 15) is 0 Å². The fourth-order valence-corrected chi connectivity index (χ4v) is 1.85. The molecule has 0 radical (unpaired) electrons. The van der Waals surface area contributed by atoms with Gasteiger partial charge in [-0.05, 0) is 19.3 Å². The SMILES string of the molecule is CC1C(=C2CCC2)NCC1N. The minimum Gasteiger partial charge on any atom is -0.387 e. The molecule has 2 rings (SSSR count). The van der Waals surface area contributed by atoms with E-state index in [0.717, 1.165) is 6.54 Å². The second-order valence-corrected chi connectivity index (χ2v) is 3.70. The van der Waals surface area contributed by atoms with Gasteiger partial charge in [-0.1, -0.05) is 12.5 Å². The van der Waals surface area contributed by atoms with Crippen LogP contribution in [0.4, 0.5) is 0 Å². The summed E-state index contributed by atoms with van der Waals surface area (Å²) in [4.78, 5) is 0. The van der Waals surface area contributed by atoms with Gasteiger partial charge in [-0.25, -0.2) is 0 Å². The summed E-state index contributed by atoms with van der Waals surface area (Å²) in [5.74, 6) is 0.574. The van der Waals surface area contributed by atoms with Crippen molar-refractivity contribution in [3.05, 3.63) is 11.3 Å². The highest BCUT2D eigenvalue weighted by atomic mass is 15.0. The molecule has 2 fully saturated rings. The maximum Gasteiger partial charge on any atom is 0.0302 e. The maximum atomic E-state index is 5.89. The molecule has 62 valence electrons. The van der Waals surface area contributed by atoms with Gasteiger partial charge in [-0.2, -0.15) is 0 Å². The van der Waals surface area contributed by atoms with Crippen LogP contribution in [0.2, 0.25) is 0 Å². The fraction of sp³-hybridized carbons (Fsp3) is 0.778. The average molecular weight is 152 g/mol. The van der Waals surface area contributed by atoms with Crippen LogP contribution in [0.25, 0.3) is 0 Å². The zero-order chi connectivity index (χ0) is 7.84. The molecular weight excluding hydrogens is 136 g/mol. The molecule has 0 aromatic rings. The molecule has 2 atom stereocenters. The van der Waals surface area contributed by atoms with Gasteiger partial charge in [0.05, 0.1) is 0 Å². The molecular formula is C9H16N2. The summed E-state index contributed by atoms with van der Waals surface area (Å²) in [7, 11) is 0. The van der Waals surface area contributed by atoms with Gasteiger partial charge in [0.2, 0.25) is 0 Å². The Balaban J connectivity index is 2.15. The Morgan fingerprint density at radius 1 is 1.45 bits per heavy atom. The first-order valence-corrected chi connectivity index (χ1v) is 4.50. The normalized spacial score (nSPS) is 36.9. The topological polar surface area (TPSA) is 38.0 Å². The van der Waals surface area contributed by atoms with Gasteiger partial charge >= 0.3 is 0 Å². The summed E-state index contributed by atoms with van der Waals surface area (Å²) in [5, 5.41) is 3.41. The molecule has 2 unspecified atom stereocenters. The molecule has 1 aliphatic carbocycles. The van der Waals surface area contributed by atoms with E-state index in [1.165, 1.54) is 25.0 Å². The highest BCUT2D eigenvalue weighted by Crippen LogP contribution is 2.33. The summed E-state index contributed by atoms with van der Waals surface area (Å²) in [6.07, 6.45) is 3.99. The van der Waals surface area contributed by atoms with Crippen LogP contribution in [-0.2, 0) is 0 Å². The molecule has 1 heterocycles. The van der Waals surface area contributed by atoms with E-state index >= 15 is 0 Å². The first kappa shape index (κ1) is 7.17. The van der Waals surface area contributed by atoms with Crippen molar-refractivity contribution >= 4 is 0 Å². The third-order valence-corrected chi connectivity index (χ3v) is 2.96. The number of nitrogens with one attached hydrogen (secondary N) is 1. The van der Waals surface area contributed by atoms with Crippen LogP contribution in [-0.4, -0.2) is 12.6 Å². The summed E-state index contributed by atoms with van der Waals surface area (Å²) in [5.41, 5.74) is 8.98. The van der Waals surface area contributed by atoms with Gasteiger partial charge in [-0.3, -0.25) is 0 Å².